The van der Waals surface area contributed by atoms with E-state index in [4.69, 9.17) is 0 Å². The van der Waals surface area contributed by atoms with Crippen LogP contribution in [0.2, 0.25) is 0 Å². The van der Waals surface area contributed by atoms with Crippen LogP contribution in [0.1, 0.15) is 50.8 Å². The third kappa shape index (κ3) is 4.44. The topological polar surface area (TPSA) is 29.1 Å². The second kappa shape index (κ2) is 7.96. The number of hydrogen-bond donors (Lipinski definition) is 1. The van der Waals surface area contributed by atoms with E-state index in [2.05, 4.69) is 45.1 Å². The third-order valence-corrected chi connectivity index (χ3v) is 4.23. The summed E-state index contributed by atoms with van der Waals surface area (Å²) in [6, 6.07) is 20.3. The summed E-state index contributed by atoms with van der Waals surface area (Å²) in [6.07, 6.45) is 0. The smallest absolute Gasteiger partial charge is 0.228 e. The summed E-state index contributed by atoms with van der Waals surface area (Å²) in [7, 11) is 0. The summed E-state index contributed by atoms with van der Waals surface area (Å²) in [5.74, 6) is 0.570. The van der Waals surface area contributed by atoms with E-state index in [9.17, 15) is 4.79 Å². The maximum absolute atomic E-state index is 13.0. The van der Waals surface area contributed by atoms with Crippen LogP contribution in [0.15, 0.2) is 60.7 Å². The molecule has 0 saturated carbocycles. The average Bonchev–Trinajstić information content (AvgIpc) is 2.54. The van der Waals surface area contributed by atoms with E-state index in [1.807, 2.05) is 48.5 Å². The summed E-state index contributed by atoms with van der Waals surface area (Å²) in [5.41, 5.74) is 2.24. The molecule has 2 atom stereocenters. The van der Waals surface area contributed by atoms with Crippen molar-refractivity contribution in [2.75, 3.05) is 0 Å². The van der Waals surface area contributed by atoms with Crippen LogP contribution in [0.5, 0.6) is 0 Å². The number of rotatable bonds is 6. The maximum Gasteiger partial charge on any atom is 0.228 e. The highest BCUT2D eigenvalue weighted by Crippen LogP contribution is 2.28. The lowest BCUT2D eigenvalue weighted by Gasteiger charge is -2.27. The fourth-order valence-electron chi connectivity index (χ4n) is 3.04. The Bertz CT molecular complexity index is 604. The molecule has 0 radical (unpaired) electrons. The first-order chi connectivity index (χ1) is 11.0. The van der Waals surface area contributed by atoms with Gasteiger partial charge in [-0.15, -0.1) is 0 Å². The zero-order chi connectivity index (χ0) is 16.8. The monoisotopic (exact) mass is 309 g/mol. The fourth-order valence-corrected chi connectivity index (χ4v) is 3.04. The molecule has 1 amide bonds. The molecule has 0 bridgehead atoms. The predicted octanol–water partition coefficient (Wildman–Crippen LogP) is 4.94. The van der Waals surface area contributed by atoms with E-state index < -0.39 is 0 Å². The predicted molar refractivity (Wildman–Crippen MR) is 96.2 cm³/mol. The molecule has 0 aliphatic rings. The molecule has 0 heterocycles. The van der Waals surface area contributed by atoms with Gasteiger partial charge in [0, 0.05) is 0 Å². The molecule has 122 valence electrons. The first kappa shape index (κ1) is 17.3. The van der Waals surface area contributed by atoms with Crippen molar-refractivity contribution >= 4 is 5.91 Å². The Morgan fingerprint density at radius 2 is 1.22 bits per heavy atom. The minimum absolute atomic E-state index is 0.0358. The van der Waals surface area contributed by atoms with Crippen molar-refractivity contribution in [3.63, 3.8) is 0 Å². The number of benzene rings is 2. The minimum Gasteiger partial charge on any atom is -0.349 e. The molecular weight excluding hydrogens is 282 g/mol. The SMILES string of the molecule is CC(C)[C@H](NC(=O)[C@H](c1ccccc1)C(C)C)c1ccccc1. The molecule has 2 rings (SSSR count). The molecular formula is C21H27NO. The van der Waals surface area contributed by atoms with Gasteiger partial charge >= 0.3 is 0 Å². The van der Waals surface area contributed by atoms with Gasteiger partial charge in [-0.3, -0.25) is 4.79 Å². The van der Waals surface area contributed by atoms with Crippen LogP contribution >= 0.6 is 0 Å². The van der Waals surface area contributed by atoms with Gasteiger partial charge in [-0.05, 0) is 23.0 Å². The average molecular weight is 309 g/mol. The Morgan fingerprint density at radius 3 is 1.65 bits per heavy atom. The Balaban J connectivity index is 2.23. The highest BCUT2D eigenvalue weighted by molar-refractivity contribution is 5.84. The van der Waals surface area contributed by atoms with Gasteiger partial charge in [-0.25, -0.2) is 0 Å². The third-order valence-electron chi connectivity index (χ3n) is 4.23. The van der Waals surface area contributed by atoms with Gasteiger partial charge in [-0.2, -0.15) is 0 Å². The molecule has 2 aromatic carbocycles. The quantitative estimate of drug-likeness (QED) is 0.804. The second-order valence-corrected chi connectivity index (χ2v) is 6.77. The number of amides is 1. The number of nitrogens with one attached hydrogen (secondary N) is 1. The zero-order valence-electron chi connectivity index (χ0n) is 14.5. The summed E-state index contributed by atoms with van der Waals surface area (Å²) in [5, 5.41) is 3.27. The van der Waals surface area contributed by atoms with Crippen molar-refractivity contribution in [1.29, 1.82) is 0 Å². The molecule has 0 spiro atoms. The molecule has 2 heteroatoms. The lowest BCUT2D eigenvalue weighted by atomic mass is 9.86. The molecule has 0 aliphatic carbocycles. The fraction of sp³-hybridized carbons (Fsp3) is 0.381. The molecule has 23 heavy (non-hydrogen) atoms. The van der Waals surface area contributed by atoms with Gasteiger partial charge in [0.2, 0.25) is 5.91 Å². The van der Waals surface area contributed by atoms with Crippen molar-refractivity contribution in [1.82, 2.24) is 5.32 Å². The molecule has 2 nitrogen and oxygen atoms in total. The first-order valence-electron chi connectivity index (χ1n) is 8.41. The standard InChI is InChI=1S/C21H27NO/c1-15(2)19(17-11-7-5-8-12-17)21(23)22-20(16(3)4)18-13-9-6-10-14-18/h5-16,19-20H,1-4H3,(H,22,23)/t19-,20-/m0/s1. The van der Waals surface area contributed by atoms with Crippen LogP contribution in [0.25, 0.3) is 0 Å². The maximum atomic E-state index is 13.0. The molecule has 0 saturated heterocycles. The summed E-state index contributed by atoms with van der Waals surface area (Å²) < 4.78 is 0. The van der Waals surface area contributed by atoms with E-state index in [1.165, 1.54) is 0 Å². The van der Waals surface area contributed by atoms with Crippen molar-refractivity contribution in [3.8, 4) is 0 Å². The van der Waals surface area contributed by atoms with Crippen molar-refractivity contribution in [2.45, 2.75) is 39.7 Å². The molecule has 1 N–H and O–H groups in total. The minimum atomic E-state index is -0.124. The van der Waals surface area contributed by atoms with Gasteiger partial charge in [0.05, 0.1) is 12.0 Å². The van der Waals surface area contributed by atoms with Crippen LogP contribution in [-0.4, -0.2) is 5.91 Å². The first-order valence-corrected chi connectivity index (χ1v) is 8.41. The van der Waals surface area contributed by atoms with Gasteiger partial charge in [0.1, 0.15) is 0 Å². The normalized spacial score (nSPS) is 13.8. The lowest BCUT2D eigenvalue weighted by Crippen LogP contribution is -2.37. The van der Waals surface area contributed by atoms with E-state index in [0.29, 0.717) is 5.92 Å². The molecule has 0 fully saturated rings. The second-order valence-electron chi connectivity index (χ2n) is 6.77. The largest absolute Gasteiger partial charge is 0.349 e. The summed E-state index contributed by atoms with van der Waals surface area (Å²) >= 11 is 0. The van der Waals surface area contributed by atoms with Crippen LogP contribution in [-0.2, 0) is 4.79 Å². The van der Waals surface area contributed by atoms with Crippen LogP contribution in [0.3, 0.4) is 0 Å². The summed E-state index contributed by atoms with van der Waals surface area (Å²) in [4.78, 5) is 13.0. The summed E-state index contributed by atoms with van der Waals surface area (Å²) in [6.45, 7) is 8.49. The van der Waals surface area contributed by atoms with Gasteiger partial charge in [-0.1, -0.05) is 88.4 Å². The Kier molecular flexibility index (Phi) is 5.97. The molecule has 0 unspecified atom stereocenters. The number of carbonyl (C=O) groups is 1. The van der Waals surface area contributed by atoms with E-state index in [-0.39, 0.29) is 23.8 Å². The Morgan fingerprint density at radius 1 is 0.739 bits per heavy atom. The lowest BCUT2D eigenvalue weighted by molar-refractivity contribution is -0.124. The van der Waals surface area contributed by atoms with Crippen LogP contribution in [0, 0.1) is 11.8 Å². The Hall–Kier alpha value is -2.09. The van der Waals surface area contributed by atoms with Gasteiger partial charge in [0.25, 0.3) is 0 Å². The highest BCUT2D eigenvalue weighted by Gasteiger charge is 2.27. The van der Waals surface area contributed by atoms with Crippen LogP contribution < -0.4 is 5.32 Å². The number of hydrogen-bond acceptors (Lipinski definition) is 1. The van der Waals surface area contributed by atoms with E-state index >= 15 is 0 Å². The van der Waals surface area contributed by atoms with Crippen molar-refractivity contribution in [2.24, 2.45) is 11.8 Å². The van der Waals surface area contributed by atoms with E-state index in [1.54, 1.807) is 0 Å². The van der Waals surface area contributed by atoms with Crippen LogP contribution in [0.4, 0.5) is 0 Å². The van der Waals surface area contributed by atoms with Gasteiger partial charge < -0.3 is 5.32 Å². The molecule has 0 aliphatic heterocycles. The Labute approximate surface area is 139 Å². The van der Waals surface area contributed by atoms with Crippen molar-refractivity contribution < 1.29 is 4.79 Å². The van der Waals surface area contributed by atoms with E-state index in [0.717, 1.165) is 11.1 Å². The molecule has 0 aromatic heterocycles. The van der Waals surface area contributed by atoms with Gasteiger partial charge in [0.15, 0.2) is 0 Å². The molecule has 2 aromatic rings. The van der Waals surface area contributed by atoms with Crippen molar-refractivity contribution in [3.05, 3.63) is 71.8 Å². The zero-order valence-corrected chi connectivity index (χ0v) is 14.5. The highest BCUT2D eigenvalue weighted by atomic mass is 16.2. The number of carbonyl (C=O) groups excluding carboxylic acids is 1.